The lowest BCUT2D eigenvalue weighted by molar-refractivity contribution is -0.121. The molecule has 0 bridgehead atoms. The molecular formula is C15H13ClN2O3. The van der Waals surface area contributed by atoms with Gasteiger partial charge in [0.05, 0.1) is 11.1 Å². The monoisotopic (exact) mass is 304 g/mol. The first kappa shape index (κ1) is 13.8. The fourth-order valence-corrected chi connectivity index (χ4v) is 2.36. The lowest BCUT2D eigenvalue weighted by Gasteiger charge is -2.09. The minimum absolute atomic E-state index is 0.366. The van der Waals surface area contributed by atoms with Crippen molar-refractivity contribution in [1.82, 2.24) is 4.98 Å². The second-order valence-corrected chi connectivity index (χ2v) is 5.51. The van der Waals surface area contributed by atoms with Gasteiger partial charge >= 0.3 is 5.97 Å². The summed E-state index contributed by atoms with van der Waals surface area (Å²) < 4.78 is 4.91. The van der Waals surface area contributed by atoms with Gasteiger partial charge in [0.2, 0.25) is 0 Å². The summed E-state index contributed by atoms with van der Waals surface area (Å²) in [5.74, 6) is -0.889. The van der Waals surface area contributed by atoms with E-state index >= 15 is 0 Å². The molecule has 1 saturated carbocycles. The minimum atomic E-state index is -0.692. The molecule has 0 spiro atoms. The predicted octanol–water partition coefficient (Wildman–Crippen LogP) is 2.41. The molecule has 1 fully saturated rings. The number of hydrogen-bond acceptors (Lipinski definition) is 4. The van der Waals surface area contributed by atoms with E-state index in [0.717, 1.165) is 18.5 Å². The Bertz CT molecular complexity index is 741. The molecule has 0 radical (unpaired) electrons. The summed E-state index contributed by atoms with van der Waals surface area (Å²) >= 11 is 5.98. The molecule has 1 aromatic carbocycles. The van der Waals surface area contributed by atoms with Crippen molar-refractivity contribution in [3.8, 4) is 0 Å². The van der Waals surface area contributed by atoms with Crippen molar-refractivity contribution in [3.63, 3.8) is 0 Å². The van der Waals surface area contributed by atoms with Gasteiger partial charge in [0.15, 0.2) is 6.61 Å². The quantitative estimate of drug-likeness (QED) is 0.879. The Hall–Kier alpha value is -2.14. The molecule has 108 valence electrons. The third-order valence-electron chi connectivity index (χ3n) is 3.35. The van der Waals surface area contributed by atoms with E-state index in [4.69, 9.17) is 22.1 Å². The number of nitrogens with zero attached hydrogens (tertiary/aromatic N) is 1. The second-order valence-electron chi connectivity index (χ2n) is 5.07. The largest absolute Gasteiger partial charge is 0.452 e. The molecule has 0 aliphatic heterocycles. The molecular weight excluding hydrogens is 292 g/mol. The lowest BCUT2D eigenvalue weighted by atomic mass is 10.1. The number of amides is 1. The summed E-state index contributed by atoms with van der Waals surface area (Å²) in [4.78, 5) is 27.5. The molecule has 1 aliphatic rings. The van der Waals surface area contributed by atoms with Gasteiger partial charge in [-0.25, -0.2) is 4.79 Å². The van der Waals surface area contributed by atoms with Gasteiger partial charge < -0.3 is 10.5 Å². The Kier molecular flexibility index (Phi) is 3.51. The van der Waals surface area contributed by atoms with Gasteiger partial charge in [-0.3, -0.25) is 9.78 Å². The van der Waals surface area contributed by atoms with Crippen LogP contribution in [-0.2, 0) is 9.53 Å². The number of carbonyl (C=O) groups is 2. The molecule has 6 heteroatoms. The summed E-state index contributed by atoms with van der Waals surface area (Å²) in [5.41, 5.74) is 6.92. The Labute approximate surface area is 126 Å². The molecule has 3 rings (SSSR count). The SMILES string of the molecule is NC(=O)COC(=O)c1cc(C2CC2)nc2ccc(Cl)cc12. The third-order valence-corrected chi connectivity index (χ3v) is 3.59. The van der Waals surface area contributed by atoms with Crippen molar-refractivity contribution in [2.45, 2.75) is 18.8 Å². The number of pyridine rings is 1. The zero-order valence-electron chi connectivity index (χ0n) is 11.1. The van der Waals surface area contributed by atoms with E-state index in [1.165, 1.54) is 0 Å². The Morgan fingerprint density at radius 1 is 1.33 bits per heavy atom. The lowest BCUT2D eigenvalue weighted by Crippen LogP contribution is -2.21. The maximum Gasteiger partial charge on any atom is 0.339 e. The van der Waals surface area contributed by atoms with E-state index in [1.54, 1.807) is 24.3 Å². The highest BCUT2D eigenvalue weighted by molar-refractivity contribution is 6.31. The number of nitrogens with two attached hydrogens (primary N) is 1. The van der Waals surface area contributed by atoms with E-state index < -0.39 is 18.5 Å². The first-order valence-electron chi connectivity index (χ1n) is 6.60. The van der Waals surface area contributed by atoms with Gasteiger partial charge in [-0.15, -0.1) is 0 Å². The number of primary amides is 1. The van der Waals surface area contributed by atoms with Crippen LogP contribution in [0.4, 0.5) is 0 Å². The highest BCUT2D eigenvalue weighted by Gasteiger charge is 2.27. The Morgan fingerprint density at radius 3 is 2.76 bits per heavy atom. The van der Waals surface area contributed by atoms with Crippen LogP contribution >= 0.6 is 11.6 Å². The second kappa shape index (κ2) is 5.33. The zero-order chi connectivity index (χ0) is 15.0. The van der Waals surface area contributed by atoms with Crippen LogP contribution in [-0.4, -0.2) is 23.5 Å². The fourth-order valence-electron chi connectivity index (χ4n) is 2.19. The van der Waals surface area contributed by atoms with Crippen molar-refractivity contribution in [1.29, 1.82) is 0 Å². The van der Waals surface area contributed by atoms with Gasteiger partial charge in [0.25, 0.3) is 5.91 Å². The van der Waals surface area contributed by atoms with Gasteiger partial charge in [0, 0.05) is 22.0 Å². The van der Waals surface area contributed by atoms with Crippen LogP contribution in [0.25, 0.3) is 10.9 Å². The van der Waals surface area contributed by atoms with Gasteiger partial charge in [-0.1, -0.05) is 11.6 Å². The van der Waals surface area contributed by atoms with Gasteiger partial charge in [-0.05, 0) is 37.1 Å². The number of fused-ring (bicyclic) bond motifs is 1. The number of aromatic nitrogens is 1. The predicted molar refractivity (Wildman–Crippen MR) is 78.2 cm³/mol. The van der Waals surface area contributed by atoms with E-state index in [0.29, 0.717) is 27.4 Å². The number of ether oxygens (including phenoxy) is 1. The molecule has 2 N–H and O–H groups in total. The minimum Gasteiger partial charge on any atom is -0.452 e. The van der Waals surface area contributed by atoms with E-state index in [2.05, 4.69) is 4.98 Å². The van der Waals surface area contributed by atoms with Crippen LogP contribution in [0.2, 0.25) is 5.02 Å². The first-order valence-corrected chi connectivity index (χ1v) is 6.98. The van der Waals surface area contributed by atoms with Crippen molar-refractivity contribution >= 4 is 34.4 Å². The number of carbonyl (C=O) groups excluding carboxylic acids is 2. The van der Waals surface area contributed by atoms with Crippen molar-refractivity contribution in [3.05, 3.63) is 40.5 Å². The maximum absolute atomic E-state index is 12.2. The number of hydrogen-bond donors (Lipinski definition) is 1. The molecule has 0 saturated heterocycles. The number of benzene rings is 1. The fraction of sp³-hybridized carbons (Fsp3) is 0.267. The Morgan fingerprint density at radius 2 is 2.10 bits per heavy atom. The third kappa shape index (κ3) is 2.97. The molecule has 0 unspecified atom stereocenters. The van der Waals surface area contributed by atoms with Crippen molar-refractivity contribution < 1.29 is 14.3 Å². The zero-order valence-corrected chi connectivity index (χ0v) is 11.9. The van der Waals surface area contributed by atoms with E-state index in [9.17, 15) is 9.59 Å². The molecule has 2 aromatic rings. The molecule has 1 heterocycles. The Balaban J connectivity index is 2.06. The average Bonchev–Trinajstić information content (AvgIpc) is 3.28. The highest BCUT2D eigenvalue weighted by Crippen LogP contribution is 2.40. The van der Waals surface area contributed by atoms with Crippen LogP contribution in [0.5, 0.6) is 0 Å². The number of halogens is 1. The summed E-state index contributed by atoms with van der Waals surface area (Å²) in [6.07, 6.45) is 2.14. The summed E-state index contributed by atoms with van der Waals surface area (Å²) in [6.45, 7) is -0.442. The summed E-state index contributed by atoms with van der Waals surface area (Å²) in [7, 11) is 0. The molecule has 1 aliphatic carbocycles. The topological polar surface area (TPSA) is 82.3 Å². The van der Waals surface area contributed by atoms with Crippen LogP contribution in [0, 0.1) is 0 Å². The number of rotatable bonds is 4. The van der Waals surface area contributed by atoms with Crippen molar-refractivity contribution in [2.24, 2.45) is 5.73 Å². The van der Waals surface area contributed by atoms with Crippen LogP contribution < -0.4 is 5.73 Å². The normalized spacial score (nSPS) is 14.1. The maximum atomic E-state index is 12.2. The van der Waals surface area contributed by atoms with Gasteiger partial charge in [0.1, 0.15) is 0 Å². The highest BCUT2D eigenvalue weighted by atomic mass is 35.5. The molecule has 21 heavy (non-hydrogen) atoms. The average molecular weight is 305 g/mol. The standard InChI is InChI=1S/C15H13ClN2O3/c16-9-3-4-12-10(5-9)11(15(20)21-7-14(17)19)6-13(18-12)8-1-2-8/h3-6,8H,1-2,7H2,(H2,17,19). The smallest absolute Gasteiger partial charge is 0.339 e. The summed E-state index contributed by atoms with van der Waals surface area (Å²) in [5, 5.41) is 1.12. The summed E-state index contributed by atoms with van der Waals surface area (Å²) in [6, 6.07) is 6.89. The molecule has 0 atom stereocenters. The van der Waals surface area contributed by atoms with E-state index in [1.807, 2.05) is 0 Å². The number of esters is 1. The van der Waals surface area contributed by atoms with Crippen LogP contribution in [0.3, 0.4) is 0 Å². The van der Waals surface area contributed by atoms with Crippen LogP contribution in [0.15, 0.2) is 24.3 Å². The molecule has 1 amide bonds. The van der Waals surface area contributed by atoms with Crippen molar-refractivity contribution in [2.75, 3.05) is 6.61 Å². The van der Waals surface area contributed by atoms with Gasteiger partial charge in [-0.2, -0.15) is 0 Å². The van der Waals surface area contributed by atoms with E-state index in [-0.39, 0.29) is 0 Å². The molecule has 5 nitrogen and oxygen atoms in total. The van der Waals surface area contributed by atoms with Crippen LogP contribution in [0.1, 0.15) is 34.8 Å². The first-order chi connectivity index (χ1) is 10.0. The molecule has 1 aromatic heterocycles.